The fourth-order valence-corrected chi connectivity index (χ4v) is 6.28. The van der Waals surface area contributed by atoms with E-state index in [-0.39, 0.29) is 59.3 Å². The maximum absolute atomic E-state index is 14.9. The van der Waals surface area contributed by atoms with Crippen LogP contribution in [0.25, 0.3) is 11.6 Å². The largest absolute Gasteiger partial charge is 0.474 e. The van der Waals surface area contributed by atoms with Gasteiger partial charge in [-0.2, -0.15) is 15.0 Å². The van der Waals surface area contributed by atoms with Crippen molar-refractivity contribution < 1.29 is 23.2 Å². The molecule has 10 nitrogen and oxygen atoms in total. The maximum Gasteiger partial charge on any atom is 0.246 e. The molecule has 1 unspecified atom stereocenters. The van der Waals surface area contributed by atoms with E-state index in [1.54, 1.807) is 17.0 Å². The number of likely N-dealkylation sites (tertiary alicyclic amines) is 1. The van der Waals surface area contributed by atoms with E-state index < -0.39 is 5.41 Å². The molecule has 12 heteroatoms. The Bertz CT molecular complexity index is 1540. The average Bonchev–Trinajstić information content (AvgIpc) is 3.53. The van der Waals surface area contributed by atoms with Gasteiger partial charge >= 0.3 is 0 Å². The first-order valence-electron chi connectivity index (χ1n) is 15.6. The maximum atomic E-state index is 14.9. The lowest BCUT2D eigenvalue weighted by Gasteiger charge is -2.38. The molecule has 246 valence electrons. The first kappa shape index (κ1) is 35.0. The van der Waals surface area contributed by atoms with Crippen LogP contribution in [0.15, 0.2) is 41.4 Å². The molecular formula is C34H44FN6O4P. The molecule has 5 atom stereocenters. The van der Waals surface area contributed by atoms with Crippen LogP contribution in [0.2, 0.25) is 0 Å². The lowest BCUT2D eigenvalue weighted by molar-refractivity contribution is -0.130. The molecule has 1 aliphatic heterocycles. The molecule has 1 aromatic carbocycles. The van der Waals surface area contributed by atoms with Crippen LogP contribution >= 0.6 is 9.24 Å². The molecular weight excluding hydrogens is 606 g/mol. The van der Waals surface area contributed by atoms with Crippen LogP contribution in [0, 0.1) is 24.1 Å². The first-order chi connectivity index (χ1) is 22.0. The molecule has 1 fully saturated rings. The number of hydrogen-bond donors (Lipinski definition) is 1. The SMILES string of the molecule is C#CC[C@@H]1C[C@@H](Oc2cc(O[C@@H](C)[C@@H](C)CCCNC)nc(-c3noc(C(C)(C)c4c(F)cccc4P)n3)n2)CCN1C(=O)C=C. The third-order valence-electron chi connectivity index (χ3n) is 8.47. The molecule has 46 heavy (non-hydrogen) atoms. The summed E-state index contributed by atoms with van der Waals surface area (Å²) in [6.45, 7) is 12.8. The fourth-order valence-electron chi connectivity index (χ4n) is 5.67. The van der Waals surface area contributed by atoms with Crippen LogP contribution in [0.3, 0.4) is 0 Å². The van der Waals surface area contributed by atoms with Gasteiger partial charge in [-0.3, -0.25) is 4.79 Å². The van der Waals surface area contributed by atoms with Crippen molar-refractivity contribution in [3.63, 3.8) is 0 Å². The van der Waals surface area contributed by atoms with Gasteiger partial charge in [0.1, 0.15) is 18.0 Å². The van der Waals surface area contributed by atoms with Crippen LogP contribution in [0.5, 0.6) is 11.8 Å². The molecule has 2 aromatic heterocycles. The van der Waals surface area contributed by atoms with E-state index in [0.29, 0.717) is 42.6 Å². The topological polar surface area (TPSA) is 116 Å². The summed E-state index contributed by atoms with van der Waals surface area (Å²) >= 11 is 0. The average molecular weight is 651 g/mol. The zero-order valence-electron chi connectivity index (χ0n) is 27.3. The number of amides is 1. The molecule has 0 radical (unpaired) electrons. The minimum atomic E-state index is -0.943. The Labute approximate surface area is 273 Å². The second-order valence-electron chi connectivity index (χ2n) is 12.2. The summed E-state index contributed by atoms with van der Waals surface area (Å²) in [6.07, 6.45) is 10.0. The van der Waals surface area contributed by atoms with E-state index in [1.165, 1.54) is 12.1 Å². The summed E-state index contributed by atoms with van der Waals surface area (Å²) < 4.78 is 33.3. The van der Waals surface area contributed by atoms with Crippen molar-refractivity contribution >= 4 is 20.5 Å². The third kappa shape index (κ3) is 8.28. The Kier molecular flexibility index (Phi) is 11.9. The second kappa shape index (κ2) is 15.6. The van der Waals surface area contributed by atoms with Crippen molar-refractivity contribution in [2.75, 3.05) is 20.1 Å². The number of nitrogens with zero attached hydrogens (tertiary/aromatic N) is 5. The number of carbonyl (C=O) groups excluding carboxylic acids is 1. The predicted octanol–water partition coefficient (Wildman–Crippen LogP) is 4.84. The minimum absolute atomic E-state index is 0.117. The van der Waals surface area contributed by atoms with Gasteiger partial charge in [0.2, 0.25) is 35.2 Å². The van der Waals surface area contributed by atoms with Gasteiger partial charge in [0.25, 0.3) is 0 Å². The van der Waals surface area contributed by atoms with Crippen molar-refractivity contribution in [2.45, 2.75) is 83.5 Å². The molecule has 3 aromatic rings. The van der Waals surface area contributed by atoms with Crippen molar-refractivity contribution in [3.8, 4) is 35.8 Å². The van der Waals surface area contributed by atoms with Gasteiger partial charge < -0.3 is 24.2 Å². The molecule has 1 N–H and O–H groups in total. The zero-order valence-corrected chi connectivity index (χ0v) is 28.4. The van der Waals surface area contributed by atoms with Crippen LogP contribution in [-0.2, 0) is 10.2 Å². The normalized spacial score (nSPS) is 18.0. The predicted molar refractivity (Wildman–Crippen MR) is 178 cm³/mol. The Hall–Kier alpha value is -3.87. The van der Waals surface area contributed by atoms with Crippen molar-refractivity contribution in [1.82, 2.24) is 30.3 Å². The summed E-state index contributed by atoms with van der Waals surface area (Å²) in [6, 6.07) is 6.33. The van der Waals surface area contributed by atoms with Crippen molar-refractivity contribution in [2.24, 2.45) is 5.92 Å². The zero-order chi connectivity index (χ0) is 33.4. The van der Waals surface area contributed by atoms with Crippen molar-refractivity contribution in [1.29, 1.82) is 0 Å². The number of ether oxygens (including phenoxy) is 2. The summed E-state index contributed by atoms with van der Waals surface area (Å²) in [5, 5.41) is 8.04. The highest BCUT2D eigenvalue weighted by Gasteiger charge is 2.35. The Morgan fingerprint density at radius 1 is 1.30 bits per heavy atom. The second-order valence-corrected chi connectivity index (χ2v) is 12.9. The highest BCUT2D eigenvalue weighted by atomic mass is 31.0. The number of halogens is 1. The number of nitrogens with one attached hydrogen (secondary N) is 1. The van der Waals surface area contributed by atoms with Crippen LogP contribution in [0.4, 0.5) is 4.39 Å². The lowest BCUT2D eigenvalue weighted by atomic mass is 9.84. The lowest BCUT2D eigenvalue weighted by Crippen LogP contribution is -2.48. The summed E-state index contributed by atoms with van der Waals surface area (Å²) in [7, 11) is 4.50. The fraction of sp³-hybridized carbons (Fsp3) is 0.500. The van der Waals surface area contributed by atoms with Gasteiger partial charge in [-0.15, -0.1) is 21.6 Å². The van der Waals surface area contributed by atoms with E-state index in [4.69, 9.17) is 20.4 Å². The van der Waals surface area contributed by atoms with Gasteiger partial charge in [0, 0.05) is 37.4 Å². The van der Waals surface area contributed by atoms with E-state index in [0.717, 1.165) is 19.4 Å². The molecule has 4 rings (SSSR count). The highest BCUT2D eigenvalue weighted by molar-refractivity contribution is 7.27. The number of piperidine rings is 1. The quantitative estimate of drug-likeness (QED) is 0.113. The standard InChI is InChI=1S/C34H44FN6O4P/c1-8-12-23-19-24(16-18-41(23)29(42)9-2)44-28-20-27(43-22(4)21(3)13-11-17-36-7)37-31(38-28)32-39-33(45-40-32)34(5,6)30-25(35)14-10-15-26(30)46/h1,9-10,14-15,20-24,36H,2,11-13,16-19,46H2,3-7H3/t21-,22-,23+,24-/m0/s1. The monoisotopic (exact) mass is 650 g/mol. The number of hydrogen-bond acceptors (Lipinski definition) is 9. The van der Waals surface area contributed by atoms with Crippen LogP contribution in [0.1, 0.15) is 71.3 Å². The van der Waals surface area contributed by atoms with E-state index in [2.05, 4.69) is 54.1 Å². The van der Waals surface area contributed by atoms with Gasteiger partial charge in [0.05, 0.1) is 11.5 Å². The third-order valence-corrected chi connectivity index (χ3v) is 8.95. The molecule has 3 heterocycles. The number of benzene rings is 1. The number of terminal acetylenes is 1. The Morgan fingerprint density at radius 2 is 2.07 bits per heavy atom. The van der Waals surface area contributed by atoms with E-state index in [1.807, 2.05) is 33.9 Å². The molecule has 1 amide bonds. The summed E-state index contributed by atoms with van der Waals surface area (Å²) in [5.74, 6) is 3.44. The molecule has 1 aliphatic rings. The minimum Gasteiger partial charge on any atom is -0.474 e. The number of carbonyl (C=O) groups is 1. The smallest absolute Gasteiger partial charge is 0.246 e. The summed E-state index contributed by atoms with van der Waals surface area (Å²) in [5.41, 5.74) is -0.512. The van der Waals surface area contributed by atoms with Gasteiger partial charge in [-0.05, 0) is 70.6 Å². The molecule has 0 aliphatic carbocycles. The van der Waals surface area contributed by atoms with Crippen LogP contribution in [-0.4, -0.2) is 69.3 Å². The first-order valence-corrected chi connectivity index (χ1v) is 16.2. The van der Waals surface area contributed by atoms with Gasteiger partial charge in [-0.25, -0.2) is 4.39 Å². The van der Waals surface area contributed by atoms with Gasteiger partial charge in [0.15, 0.2) is 0 Å². The summed E-state index contributed by atoms with van der Waals surface area (Å²) in [4.78, 5) is 28.0. The highest BCUT2D eigenvalue weighted by Crippen LogP contribution is 2.34. The van der Waals surface area contributed by atoms with Crippen LogP contribution < -0.4 is 20.1 Å². The Morgan fingerprint density at radius 3 is 2.76 bits per heavy atom. The van der Waals surface area contributed by atoms with Gasteiger partial charge in [-0.1, -0.05) is 30.8 Å². The molecule has 0 bridgehead atoms. The van der Waals surface area contributed by atoms with E-state index in [9.17, 15) is 9.18 Å². The van der Waals surface area contributed by atoms with E-state index >= 15 is 0 Å². The van der Waals surface area contributed by atoms with Crippen molar-refractivity contribution in [3.05, 3.63) is 54.2 Å². The number of rotatable bonds is 14. The number of aromatic nitrogens is 4. The molecule has 0 saturated carbocycles. The Balaban J connectivity index is 1.65. The molecule has 0 spiro atoms. The molecule has 1 saturated heterocycles.